The quantitative estimate of drug-likeness (QED) is 0.618. The number of halogens is 1. The van der Waals surface area contributed by atoms with E-state index < -0.39 is 5.41 Å². The van der Waals surface area contributed by atoms with Gasteiger partial charge in [-0.2, -0.15) is 0 Å². The van der Waals surface area contributed by atoms with Gasteiger partial charge in [0.1, 0.15) is 11.2 Å². The first-order valence-corrected chi connectivity index (χ1v) is 9.56. The molecule has 2 amide bonds. The molecule has 1 fully saturated rings. The number of para-hydroxylation sites is 1. The van der Waals surface area contributed by atoms with Crippen LogP contribution in [0.15, 0.2) is 84.9 Å². The molecule has 0 unspecified atom stereocenters. The standard InChI is InChI=1S/C24H21FN2O2/c25-19-11-13-20(14-12-19)26-22(28)24(15-16-24)23(29)27(21-9-5-2-6-10-21)17-18-7-3-1-4-8-18/h1-14H,15-17H2,(H,26,28). The topological polar surface area (TPSA) is 49.4 Å². The Morgan fingerprint density at radius 2 is 1.45 bits per heavy atom. The highest BCUT2D eigenvalue weighted by Gasteiger charge is 2.58. The summed E-state index contributed by atoms with van der Waals surface area (Å²) < 4.78 is 13.1. The molecule has 5 heteroatoms. The lowest BCUT2D eigenvalue weighted by Crippen LogP contribution is -2.43. The van der Waals surface area contributed by atoms with E-state index in [1.807, 2.05) is 60.7 Å². The minimum absolute atomic E-state index is 0.216. The molecule has 1 saturated carbocycles. The van der Waals surface area contributed by atoms with Crippen molar-refractivity contribution in [3.8, 4) is 0 Å². The van der Waals surface area contributed by atoms with Crippen LogP contribution in [-0.4, -0.2) is 11.8 Å². The monoisotopic (exact) mass is 388 g/mol. The number of amides is 2. The number of hydrogen-bond acceptors (Lipinski definition) is 2. The molecule has 0 heterocycles. The van der Waals surface area contributed by atoms with E-state index in [4.69, 9.17) is 0 Å². The lowest BCUT2D eigenvalue weighted by molar-refractivity contribution is -0.132. The summed E-state index contributed by atoms with van der Waals surface area (Å²) in [5.74, 6) is -0.936. The molecule has 0 atom stereocenters. The van der Waals surface area contributed by atoms with Gasteiger partial charge < -0.3 is 10.2 Å². The zero-order chi connectivity index (χ0) is 20.3. The number of anilines is 2. The van der Waals surface area contributed by atoms with E-state index in [1.54, 1.807) is 4.90 Å². The number of carbonyl (C=O) groups excluding carboxylic acids is 2. The molecule has 0 bridgehead atoms. The molecule has 146 valence electrons. The van der Waals surface area contributed by atoms with E-state index in [-0.39, 0.29) is 17.6 Å². The van der Waals surface area contributed by atoms with Crippen LogP contribution < -0.4 is 10.2 Å². The number of carbonyl (C=O) groups is 2. The third-order valence-corrected chi connectivity index (χ3v) is 5.19. The summed E-state index contributed by atoms with van der Waals surface area (Å²) in [5.41, 5.74) is 1.13. The number of benzene rings is 3. The molecule has 0 saturated heterocycles. The Kier molecular flexibility index (Phi) is 5.12. The SMILES string of the molecule is O=C(Nc1ccc(F)cc1)C1(C(=O)N(Cc2ccccc2)c2ccccc2)CC1. The maximum atomic E-state index is 13.5. The van der Waals surface area contributed by atoms with Gasteiger partial charge in [-0.3, -0.25) is 9.59 Å². The van der Waals surface area contributed by atoms with Gasteiger partial charge in [0.05, 0.1) is 6.54 Å². The fourth-order valence-electron chi connectivity index (χ4n) is 3.36. The minimum Gasteiger partial charge on any atom is -0.325 e. The molecule has 29 heavy (non-hydrogen) atoms. The van der Waals surface area contributed by atoms with E-state index in [9.17, 15) is 14.0 Å². The van der Waals surface area contributed by atoms with Gasteiger partial charge in [0.2, 0.25) is 11.8 Å². The second-order valence-corrected chi connectivity index (χ2v) is 7.26. The second kappa shape index (κ2) is 7.87. The second-order valence-electron chi connectivity index (χ2n) is 7.26. The van der Waals surface area contributed by atoms with Gasteiger partial charge in [-0.15, -0.1) is 0 Å². The molecule has 3 aromatic carbocycles. The number of nitrogens with one attached hydrogen (secondary N) is 1. The van der Waals surface area contributed by atoms with Crippen LogP contribution in [0.4, 0.5) is 15.8 Å². The first-order valence-electron chi connectivity index (χ1n) is 9.56. The van der Waals surface area contributed by atoms with E-state index >= 15 is 0 Å². The lowest BCUT2D eigenvalue weighted by atomic mass is 10.0. The Labute approximate surface area is 169 Å². The highest BCUT2D eigenvalue weighted by molar-refractivity contribution is 6.17. The summed E-state index contributed by atoms with van der Waals surface area (Å²) in [6.45, 7) is 0.384. The zero-order valence-electron chi connectivity index (χ0n) is 15.8. The summed E-state index contributed by atoms with van der Waals surface area (Å²) in [6.07, 6.45) is 0.994. The van der Waals surface area contributed by atoms with Crippen molar-refractivity contribution in [1.82, 2.24) is 0 Å². The average molecular weight is 388 g/mol. The molecule has 4 nitrogen and oxygen atoms in total. The third kappa shape index (κ3) is 4.04. The molecule has 0 aliphatic heterocycles. The Bertz CT molecular complexity index is 1000. The number of nitrogens with zero attached hydrogens (tertiary/aromatic N) is 1. The van der Waals surface area contributed by atoms with Crippen LogP contribution in [0, 0.1) is 11.2 Å². The van der Waals surface area contributed by atoms with Crippen LogP contribution in [0.25, 0.3) is 0 Å². The Balaban J connectivity index is 1.59. The average Bonchev–Trinajstić information content (AvgIpc) is 3.57. The largest absolute Gasteiger partial charge is 0.325 e. The molecule has 0 radical (unpaired) electrons. The molecular formula is C24H21FN2O2. The molecular weight excluding hydrogens is 367 g/mol. The van der Waals surface area contributed by atoms with Crippen LogP contribution in [0.5, 0.6) is 0 Å². The molecule has 1 aliphatic rings. The van der Waals surface area contributed by atoms with Gasteiger partial charge in [-0.25, -0.2) is 4.39 Å². The highest BCUT2D eigenvalue weighted by Crippen LogP contribution is 2.49. The maximum absolute atomic E-state index is 13.5. The smallest absolute Gasteiger partial charge is 0.243 e. The van der Waals surface area contributed by atoms with E-state index in [0.29, 0.717) is 25.1 Å². The predicted octanol–water partition coefficient (Wildman–Crippen LogP) is 4.78. The Morgan fingerprint density at radius 3 is 2.03 bits per heavy atom. The molecule has 1 aliphatic carbocycles. The van der Waals surface area contributed by atoms with E-state index in [0.717, 1.165) is 11.3 Å². The van der Waals surface area contributed by atoms with Gasteiger partial charge in [-0.05, 0) is 54.8 Å². The van der Waals surface area contributed by atoms with Crippen molar-refractivity contribution in [2.75, 3.05) is 10.2 Å². The fourth-order valence-corrected chi connectivity index (χ4v) is 3.36. The molecule has 4 rings (SSSR count). The maximum Gasteiger partial charge on any atom is 0.243 e. The minimum atomic E-state index is -1.08. The van der Waals surface area contributed by atoms with Crippen molar-refractivity contribution < 1.29 is 14.0 Å². The van der Waals surface area contributed by atoms with Gasteiger partial charge in [0.25, 0.3) is 0 Å². The van der Waals surface area contributed by atoms with Gasteiger partial charge in [-0.1, -0.05) is 48.5 Å². The third-order valence-electron chi connectivity index (χ3n) is 5.19. The van der Waals surface area contributed by atoms with Gasteiger partial charge >= 0.3 is 0 Å². The van der Waals surface area contributed by atoms with E-state index in [1.165, 1.54) is 24.3 Å². The number of rotatable bonds is 6. The van der Waals surface area contributed by atoms with Crippen molar-refractivity contribution in [3.05, 3.63) is 96.3 Å². The summed E-state index contributed by atoms with van der Waals surface area (Å²) in [5, 5.41) is 2.77. The first kappa shape index (κ1) is 18.9. The molecule has 1 N–H and O–H groups in total. The summed E-state index contributed by atoms with van der Waals surface area (Å²) in [6, 6.07) is 24.6. The highest BCUT2D eigenvalue weighted by atomic mass is 19.1. The van der Waals surface area contributed by atoms with Crippen molar-refractivity contribution in [1.29, 1.82) is 0 Å². The van der Waals surface area contributed by atoms with E-state index in [2.05, 4.69) is 5.32 Å². The fraction of sp³-hybridized carbons (Fsp3) is 0.167. The van der Waals surface area contributed by atoms with Crippen molar-refractivity contribution in [2.24, 2.45) is 5.41 Å². The van der Waals surface area contributed by atoms with Crippen LogP contribution in [0.3, 0.4) is 0 Å². The van der Waals surface area contributed by atoms with Crippen LogP contribution in [0.2, 0.25) is 0 Å². The zero-order valence-corrected chi connectivity index (χ0v) is 15.8. The van der Waals surface area contributed by atoms with Crippen molar-refractivity contribution in [3.63, 3.8) is 0 Å². The normalized spacial score (nSPS) is 14.1. The Morgan fingerprint density at radius 1 is 0.862 bits per heavy atom. The van der Waals surface area contributed by atoms with Crippen LogP contribution in [0.1, 0.15) is 18.4 Å². The van der Waals surface area contributed by atoms with Crippen molar-refractivity contribution >= 4 is 23.2 Å². The molecule has 0 aromatic heterocycles. The summed E-state index contributed by atoms with van der Waals surface area (Å²) >= 11 is 0. The Hall–Kier alpha value is -3.47. The van der Waals surface area contributed by atoms with Crippen LogP contribution >= 0.6 is 0 Å². The van der Waals surface area contributed by atoms with Crippen LogP contribution in [-0.2, 0) is 16.1 Å². The first-order chi connectivity index (χ1) is 14.1. The van der Waals surface area contributed by atoms with Gasteiger partial charge in [0.15, 0.2) is 0 Å². The van der Waals surface area contributed by atoms with Crippen molar-refractivity contribution in [2.45, 2.75) is 19.4 Å². The predicted molar refractivity (Wildman–Crippen MR) is 111 cm³/mol. The summed E-state index contributed by atoms with van der Waals surface area (Å²) in [4.78, 5) is 28.2. The summed E-state index contributed by atoms with van der Waals surface area (Å²) in [7, 11) is 0. The lowest BCUT2D eigenvalue weighted by Gasteiger charge is -2.27. The molecule has 0 spiro atoms. The number of hydrogen-bond donors (Lipinski definition) is 1. The van der Waals surface area contributed by atoms with Gasteiger partial charge in [0, 0.05) is 11.4 Å². The molecule has 3 aromatic rings.